The molecule has 0 saturated heterocycles. The highest BCUT2D eigenvalue weighted by Crippen LogP contribution is 2.43. The molecule has 2 atom stereocenters. The second kappa shape index (κ2) is 7.43. The summed E-state index contributed by atoms with van der Waals surface area (Å²) in [6.45, 7) is 2.46. The van der Waals surface area contributed by atoms with E-state index in [1.54, 1.807) is 0 Å². The molecule has 0 unspecified atom stereocenters. The van der Waals surface area contributed by atoms with Crippen LogP contribution < -0.4 is 4.74 Å². The molecule has 1 aromatic rings. The van der Waals surface area contributed by atoms with E-state index in [9.17, 15) is 15.3 Å². The molecule has 0 fully saturated rings. The first kappa shape index (κ1) is 15.8. The van der Waals surface area contributed by atoms with Crippen molar-refractivity contribution in [2.75, 3.05) is 6.61 Å². The number of nitriles is 2. The van der Waals surface area contributed by atoms with Gasteiger partial charge in [0, 0.05) is 17.9 Å². The van der Waals surface area contributed by atoms with E-state index in [0.29, 0.717) is 18.8 Å². The molecule has 0 amide bonds. The summed E-state index contributed by atoms with van der Waals surface area (Å²) in [5, 5.41) is 18.6. The van der Waals surface area contributed by atoms with Crippen molar-refractivity contribution in [2.24, 2.45) is 11.8 Å². The number of carbonyl (C=O) groups excluding carboxylic acids is 1. The SMILES string of the molecule is CCC[C@H](CC=O)[C@@H]1COc2ccccc2C1=C(C#N)C#N. The highest BCUT2D eigenvalue weighted by atomic mass is 16.5. The predicted octanol–water partition coefficient (Wildman–Crippen LogP) is 3.50. The summed E-state index contributed by atoms with van der Waals surface area (Å²) in [6.07, 6.45) is 3.13. The zero-order valence-corrected chi connectivity index (χ0v) is 12.6. The fourth-order valence-electron chi connectivity index (χ4n) is 3.09. The minimum atomic E-state index is -0.102. The molecule has 4 nitrogen and oxygen atoms in total. The van der Waals surface area contributed by atoms with Crippen LogP contribution >= 0.6 is 0 Å². The van der Waals surface area contributed by atoms with Gasteiger partial charge in [0.2, 0.25) is 0 Å². The zero-order chi connectivity index (χ0) is 15.9. The Bertz CT molecular complexity index is 648. The van der Waals surface area contributed by atoms with Crippen LogP contribution in [0.15, 0.2) is 29.8 Å². The van der Waals surface area contributed by atoms with Gasteiger partial charge < -0.3 is 9.53 Å². The Labute approximate surface area is 130 Å². The van der Waals surface area contributed by atoms with Crippen LogP contribution in [0.1, 0.15) is 31.7 Å². The highest BCUT2D eigenvalue weighted by molar-refractivity contribution is 5.81. The predicted molar refractivity (Wildman–Crippen MR) is 82.7 cm³/mol. The average molecular weight is 294 g/mol. The van der Waals surface area contributed by atoms with Crippen molar-refractivity contribution in [2.45, 2.75) is 26.2 Å². The van der Waals surface area contributed by atoms with Crippen molar-refractivity contribution >= 4 is 11.9 Å². The minimum Gasteiger partial charge on any atom is -0.492 e. The summed E-state index contributed by atoms with van der Waals surface area (Å²) in [7, 11) is 0. The number of nitrogens with zero attached hydrogens (tertiary/aromatic N) is 2. The van der Waals surface area contributed by atoms with Crippen LogP contribution in [0.4, 0.5) is 0 Å². The maximum absolute atomic E-state index is 11.0. The van der Waals surface area contributed by atoms with Crippen molar-refractivity contribution in [1.82, 2.24) is 0 Å². The number of para-hydroxylation sites is 1. The Kier molecular flexibility index (Phi) is 5.33. The fraction of sp³-hybridized carbons (Fsp3) is 0.389. The maximum atomic E-state index is 11.0. The first-order chi connectivity index (χ1) is 10.8. The lowest BCUT2D eigenvalue weighted by molar-refractivity contribution is -0.109. The summed E-state index contributed by atoms with van der Waals surface area (Å²) < 4.78 is 5.81. The topological polar surface area (TPSA) is 73.9 Å². The van der Waals surface area contributed by atoms with Crippen LogP contribution in [0.2, 0.25) is 0 Å². The molecule has 1 aliphatic rings. The van der Waals surface area contributed by atoms with E-state index in [2.05, 4.69) is 6.92 Å². The Morgan fingerprint density at radius 1 is 1.41 bits per heavy atom. The molecule has 1 heterocycles. The molecule has 1 aromatic carbocycles. The average Bonchev–Trinajstić information content (AvgIpc) is 2.56. The number of fused-ring (bicyclic) bond motifs is 1. The van der Waals surface area contributed by atoms with E-state index >= 15 is 0 Å². The van der Waals surface area contributed by atoms with Gasteiger partial charge in [0.05, 0.1) is 6.61 Å². The molecular formula is C18H18N2O2. The van der Waals surface area contributed by atoms with Crippen LogP contribution in [-0.2, 0) is 4.79 Å². The molecule has 0 bridgehead atoms. The molecule has 4 heteroatoms. The number of ether oxygens (including phenoxy) is 1. The lowest BCUT2D eigenvalue weighted by Gasteiger charge is -2.33. The second-order valence-corrected chi connectivity index (χ2v) is 5.38. The van der Waals surface area contributed by atoms with Crippen LogP contribution in [0.5, 0.6) is 5.75 Å². The Hall–Kier alpha value is -2.59. The molecule has 2 rings (SSSR count). The number of aldehydes is 1. The van der Waals surface area contributed by atoms with Gasteiger partial charge in [0.15, 0.2) is 0 Å². The number of benzene rings is 1. The first-order valence-electron chi connectivity index (χ1n) is 7.47. The summed E-state index contributed by atoms with van der Waals surface area (Å²) in [4.78, 5) is 11.0. The van der Waals surface area contributed by atoms with Crippen molar-refractivity contribution in [1.29, 1.82) is 10.5 Å². The van der Waals surface area contributed by atoms with Gasteiger partial charge in [0.1, 0.15) is 29.7 Å². The monoisotopic (exact) mass is 294 g/mol. The summed E-state index contributed by atoms with van der Waals surface area (Å²) in [5.41, 5.74) is 1.64. The number of carbonyl (C=O) groups is 1. The normalized spacial score (nSPS) is 17.4. The Morgan fingerprint density at radius 3 is 2.77 bits per heavy atom. The minimum absolute atomic E-state index is 0.0857. The van der Waals surface area contributed by atoms with Crippen LogP contribution in [0, 0.1) is 34.5 Å². The molecule has 0 spiro atoms. The Morgan fingerprint density at radius 2 is 2.14 bits per heavy atom. The quantitative estimate of drug-likeness (QED) is 0.615. The van der Waals surface area contributed by atoms with Crippen LogP contribution in [0.25, 0.3) is 5.57 Å². The molecule has 1 aliphatic heterocycles. The van der Waals surface area contributed by atoms with Gasteiger partial charge in [-0.25, -0.2) is 0 Å². The number of hydrogen-bond donors (Lipinski definition) is 0. The summed E-state index contributed by atoms with van der Waals surface area (Å²) in [5.74, 6) is 0.676. The van der Waals surface area contributed by atoms with E-state index in [4.69, 9.17) is 4.74 Å². The largest absolute Gasteiger partial charge is 0.492 e. The molecule has 0 N–H and O–H groups in total. The smallest absolute Gasteiger partial charge is 0.134 e. The third-order valence-corrected chi connectivity index (χ3v) is 4.09. The Balaban J connectivity index is 2.56. The van der Waals surface area contributed by atoms with E-state index in [1.165, 1.54) is 0 Å². The molecule has 22 heavy (non-hydrogen) atoms. The van der Waals surface area contributed by atoms with Crippen molar-refractivity contribution < 1.29 is 9.53 Å². The van der Waals surface area contributed by atoms with Crippen molar-refractivity contribution in [3.8, 4) is 17.9 Å². The third kappa shape index (κ3) is 3.02. The number of allylic oxidation sites excluding steroid dienone is 1. The van der Waals surface area contributed by atoms with Crippen LogP contribution in [-0.4, -0.2) is 12.9 Å². The zero-order valence-electron chi connectivity index (χ0n) is 12.6. The number of rotatable bonds is 5. The third-order valence-electron chi connectivity index (χ3n) is 4.09. The van der Waals surface area contributed by atoms with Gasteiger partial charge in [-0.2, -0.15) is 10.5 Å². The van der Waals surface area contributed by atoms with E-state index in [0.717, 1.165) is 30.3 Å². The van der Waals surface area contributed by atoms with Gasteiger partial charge in [-0.05, 0) is 24.0 Å². The van der Waals surface area contributed by atoms with Gasteiger partial charge >= 0.3 is 0 Å². The summed E-state index contributed by atoms with van der Waals surface area (Å²) in [6, 6.07) is 11.5. The lowest BCUT2D eigenvalue weighted by atomic mass is 9.76. The lowest BCUT2D eigenvalue weighted by Crippen LogP contribution is -2.28. The van der Waals surface area contributed by atoms with Gasteiger partial charge in [-0.1, -0.05) is 31.5 Å². The van der Waals surface area contributed by atoms with E-state index in [-0.39, 0.29) is 17.4 Å². The van der Waals surface area contributed by atoms with Crippen molar-refractivity contribution in [3.63, 3.8) is 0 Å². The van der Waals surface area contributed by atoms with Gasteiger partial charge in [-0.15, -0.1) is 0 Å². The van der Waals surface area contributed by atoms with E-state index in [1.807, 2.05) is 36.4 Å². The van der Waals surface area contributed by atoms with Crippen LogP contribution in [0.3, 0.4) is 0 Å². The fourth-order valence-corrected chi connectivity index (χ4v) is 3.09. The molecular weight excluding hydrogens is 276 g/mol. The summed E-state index contributed by atoms with van der Waals surface area (Å²) >= 11 is 0. The standard InChI is InChI=1S/C18H18N2O2/c1-2-5-13(8-9-21)16-12-22-17-7-4-3-6-15(17)18(16)14(10-19)11-20/h3-4,6-7,9,13,16H,2,5,8,12H2,1H3/t13-,16+/m1/s1. The molecule has 0 radical (unpaired) electrons. The van der Waals surface area contributed by atoms with Crippen molar-refractivity contribution in [3.05, 3.63) is 35.4 Å². The first-order valence-corrected chi connectivity index (χ1v) is 7.47. The molecule has 0 aliphatic carbocycles. The van der Waals surface area contributed by atoms with Gasteiger partial charge in [-0.3, -0.25) is 0 Å². The second-order valence-electron chi connectivity index (χ2n) is 5.38. The van der Waals surface area contributed by atoms with Gasteiger partial charge in [0.25, 0.3) is 0 Å². The molecule has 112 valence electrons. The molecule has 0 saturated carbocycles. The van der Waals surface area contributed by atoms with E-state index < -0.39 is 0 Å². The maximum Gasteiger partial charge on any atom is 0.134 e. The highest BCUT2D eigenvalue weighted by Gasteiger charge is 2.33. The number of hydrogen-bond acceptors (Lipinski definition) is 4. The molecule has 0 aromatic heterocycles.